The van der Waals surface area contributed by atoms with Crippen molar-refractivity contribution in [2.24, 2.45) is 0 Å². The molecule has 0 aromatic carbocycles. The summed E-state index contributed by atoms with van der Waals surface area (Å²) >= 11 is 0. The molecule has 0 aliphatic heterocycles. The Morgan fingerprint density at radius 3 is 1.00 bits per heavy atom. The molecule has 0 atom stereocenters. The summed E-state index contributed by atoms with van der Waals surface area (Å²) < 4.78 is 16.6. The number of aliphatic carboxylic acids is 3. The minimum atomic E-state index is -1.38. The molecule has 1 aromatic rings. The maximum absolute atomic E-state index is 12.9. The minimum Gasteiger partial charge on any atom is -0.549 e. The lowest BCUT2D eigenvalue weighted by Gasteiger charge is -2.11. The average molecular weight is 712 g/mol. The van der Waals surface area contributed by atoms with Gasteiger partial charge in [0.25, 0.3) is 0 Å². The Kier molecular flexibility index (Phi) is 18.0. The van der Waals surface area contributed by atoms with Gasteiger partial charge in [-0.3, -0.25) is 0 Å². The topological polar surface area (TPSA) is 278 Å². The SMILES string of the molecule is O=C([O-])CSSC(=[OH+])OCCn1c(=O)n(CCOC(=[OH+])SSCC(=O)[O-])c(=O)n(CCOC(=[OH+])SSCC(=O)[O-])c1=O. The molecule has 0 amide bonds. The van der Waals surface area contributed by atoms with Crippen LogP contribution in [0, 0.1) is 0 Å². The third-order valence-corrected chi connectivity index (χ3v) is 9.53. The zero-order valence-electron chi connectivity index (χ0n) is 20.9. The third kappa shape index (κ3) is 15.0. The van der Waals surface area contributed by atoms with Crippen LogP contribution in [0.15, 0.2) is 14.4 Å². The van der Waals surface area contributed by atoms with Crippen LogP contribution in [0.2, 0.25) is 0 Å². The molecular weight excluding hydrogens is 691 g/mol. The van der Waals surface area contributed by atoms with Gasteiger partial charge >= 0.3 is 33.0 Å². The molecule has 18 nitrogen and oxygen atoms in total. The van der Waals surface area contributed by atoms with Gasteiger partial charge in [-0.1, -0.05) is 32.4 Å². The highest BCUT2D eigenvalue weighted by atomic mass is 33.1. The molecule has 0 saturated heterocycles. The first kappa shape index (κ1) is 37.4. The highest BCUT2D eigenvalue weighted by Gasteiger charge is 2.22. The molecule has 0 saturated carbocycles. The number of rotatable bonds is 18. The molecule has 24 heteroatoms. The molecule has 0 aliphatic carbocycles. The molecule has 0 aliphatic rings. The van der Waals surface area contributed by atoms with E-state index in [-0.39, 0.29) is 0 Å². The number of carbonyl (C=O) groups excluding carboxylic acids is 6. The van der Waals surface area contributed by atoms with Crippen LogP contribution >= 0.6 is 64.8 Å². The standard InChI is InChI=1S/C18H21N3O15S6/c22-10(23)7-37-40-16(31)34-4-1-19-13(28)20(2-5-35-17(32)41-38-8-11(24)25)15(30)21(14(19)29)3-6-36-18(33)42-39-9-12(26)27/h1-9H2,(H,22,23)(H,24,25)(H,26,27). The summed E-state index contributed by atoms with van der Waals surface area (Å²) in [6, 6.07) is 0. The highest BCUT2D eigenvalue weighted by molar-refractivity contribution is 8.82. The van der Waals surface area contributed by atoms with Crippen LogP contribution in [-0.2, 0) is 48.2 Å². The van der Waals surface area contributed by atoms with Crippen molar-refractivity contribution < 1.29 is 58.3 Å². The van der Waals surface area contributed by atoms with Gasteiger partial charge in [0.2, 0.25) is 19.8 Å². The van der Waals surface area contributed by atoms with E-state index < -0.39 is 108 Å². The number of nitrogens with zero attached hydrogens (tertiary/aromatic N) is 3. The van der Waals surface area contributed by atoms with E-state index in [0.717, 1.165) is 0 Å². The molecule has 1 aromatic heterocycles. The smallest absolute Gasteiger partial charge is 0.549 e. The van der Waals surface area contributed by atoms with E-state index in [1.165, 1.54) is 0 Å². The Morgan fingerprint density at radius 2 is 0.786 bits per heavy atom. The lowest BCUT2D eigenvalue weighted by atomic mass is 10.6. The molecule has 42 heavy (non-hydrogen) atoms. The van der Waals surface area contributed by atoms with Gasteiger partial charge in [0.1, 0.15) is 0 Å². The number of hydrogen-bond donors (Lipinski definition) is 0. The molecule has 0 radical (unpaired) electrons. The van der Waals surface area contributed by atoms with Crippen molar-refractivity contribution in [3.05, 3.63) is 31.5 Å². The molecule has 0 bridgehead atoms. The summed E-state index contributed by atoms with van der Waals surface area (Å²) in [7, 11) is 3.71. The number of hydrogen-bond acceptors (Lipinski definition) is 18. The second-order valence-electron chi connectivity index (χ2n) is 6.80. The zero-order valence-corrected chi connectivity index (χ0v) is 25.8. The first-order valence-electron chi connectivity index (χ1n) is 10.8. The Hall–Kier alpha value is -2.67. The molecular formula is C18H21N3O15S6. The zero-order chi connectivity index (χ0) is 31.7. The summed E-state index contributed by atoms with van der Waals surface area (Å²) in [6.07, 6.45) is 0. The van der Waals surface area contributed by atoms with Gasteiger partial charge in [-0.25, -0.2) is 28.1 Å². The predicted octanol–water partition coefficient (Wildman–Crippen LogP) is -5.00. The highest BCUT2D eigenvalue weighted by Crippen LogP contribution is 2.22. The van der Waals surface area contributed by atoms with E-state index in [0.29, 0.717) is 78.5 Å². The van der Waals surface area contributed by atoms with Gasteiger partial charge in [-0.15, -0.1) is 0 Å². The average Bonchev–Trinajstić information content (AvgIpc) is 2.89. The van der Waals surface area contributed by atoms with E-state index in [2.05, 4.69) is 0 Å². The fourth-order valence-corrected chi connectivity index (χ4v) is 6.28. The summed E-state index contributed by atoms with van der Waals surface area (Å²) in [5.41, 5.74) is -3.35. The van der Waals surface area contributed by atoms with Crippen molar-refractivity contribution in [1.82, 2.24) is 13.7 Å². The minimum absolute atomic E-state index is 0.459. The van der Waals surface area contributed by atoms with Gasteiger partial charge in [0, 0.05) is 17.3 Å². The van der Waals surface area contributed by atoms with Crippen molar-refractivity contribution in [3.63, 3.8) is 0 Å². The van der Waals surface area contributed by atoms with Crippen LogP contribution in [0.1, 0.15) is 0 Å². The molecule has 1 heterocycles. The van der Waals surface area contributed by atoms with E-state index in [1.54, 1.807) is 0 Å². The van der Waals surface area contributed by atoms with Crippen LogP contribution < -0.4 is 32.4 Å². The summed E-state index contributed by atoms with van der Waals surface area (Å²) in [5, 5.41) is 29.3. The lowest BCUT2D eigenvalue weighted by molar-refractivity contribution is -0.302. The molecule has 0 unspecified atom stereocenters. The van der Waals surface area contributed by atoms with Crippen LogP contribution in [0.25, 0.3) is 0 Å². The van der Waals surface area contributed by atoms with E-state index in [4.69, 9.17) is 14.2 Å². The Balaban J connectivity index is 3.01. The van der Waals surface area contributed by atoms with Crippen molar-refractivity contribution in [3.8, 4) is 0 Å². The normalized spacial score (nSPS) is 10.6. The van der Waals surface area contributed by atoms with Crippen molar-refractivity contribution in [2.45, 2.75) is 19.6 Å². The Morgan fingerprint density at radius 1 is 0.548 bits per heavy atom. The fourth-order valence-electron chi connectivity index (χ4n) is 2.39. The summed E-state index contributed by atoms with van der Waals surface area (Å²) in [4.78, 5) is 99.1. The lowest BCUT2D eigenvalue weighted by Crippen LogP contribution is -2.55. The van der Waals surface area contributed by atoms with Gasteiger partial charge in [-0.05, 0) is 0 Å². The van der Waals surface area contributed by atoms with Crippen molar-refractivity contribution in [1.29, 1.82) is 0 Å². The molecule has 0 spiro atoms. The number of carbonyl (C=O) groups is 3. The molecule has 234 valence electrons. The van der Waals surface area contributed by atoms with E-state index >= 15 is 0 Å². The first-order chi connectivity index (χ1) is 19.8. The maximum Gasteiger partial charge on any atom is 0.561 e. The van der Waals surface area contributed by atoms with Gasteiger partial charge in [0.15, 0.2) is 0 Å². The van der Waals surface area contributed by atoms with Crippen LogP contribution in [-0.4, -0.2) is 99.0 Å². The summed E-state index contributed by atoms with van der Waals surface area (Å²) in [6.45, 7) is -2.87. The van der Waals surface area contributed by atoms with E-state index in [9.17, 15) is 58.5 Å². The van der Waals surface area contributed by atoms with Crippen molar-refractivity contribution >= 4 is 98.6 Å². The quantitative estimate of drug-likeness (QED) is 0.0596. The van der Waals surface area contributed by atoms with E-state index in [1.807, 2.05) is 0 Å². The number of ether oxygens (including phenoxy) is 3. The second kappa shape index (κ2) is 20.3. The maximum atomic E-state index is 12.9. The third-order valence-electron chi connectivity index (χ3n) is 3.93. The Labute approximate surface area is 257 Å². The number of carboxylic acids is 3. The molecule has 3 N–H and O–H groups in total. The molecule has 0 fully saturated rings. The number of carboxylic acid groups (broad SMARTS) is 3. The van der Waals surface area contributed by atoms with Gasteiger partial charge < -0.3 is 58.3 Å². The number of aromatic nitrogens is 3. The van der Waals surface area contributed by atoms with Crippen LogP contribution in [0.4, 0.5) is 0 Å². The fraction of sp³-hybridized carbons (Fsp3) is 0.500. The van der Waals surface area contributed by atoms with Gasteiger partial charge in [-0.2, -0.15) is 0 Å². The largest absolute Gasteiger partial charge is 0.561 e. The summed E-state index contributed by atoms with van der Waals surface area (Å²) in [5.74, 6) is -5.53. The van der Waals surface area contributed by atoms with Crippen LogP contribution in [0.3, 0.4) is 0 Å². The second-order valence-corrected chi connectivity index (χ2v) is 13.5. The van der Waals surface area contributed by atoms with Crippen LogP contribution in [0.5, 0.6) is 0 Å². The van der Waals surface area contributed by atoms with Crippen molar-refractivity contribution in [2.75, 3.05) is 37.1 Å². The molecule has 1 rings (SSSR count). The first-order valence-corrected chi connectivity index (χ1v) is 17.8. The Bertz CT molecular complexity index is 1140. The van der Waals surface area contributed by atoms with Gasteiger partial charge in [0.05, 0.1) is 69.9 Å². The monoisotopic (exact) mass is 711 g/mol. The predicted molar refractivity (Wildman–Crippen MR) is 153 cm³/mol.